The molecule has 0 saturated carbocycles. The van der Waals surface area contributed by atoms with E-state index in [-0.39, 0.29) is 30.2 Å². The summed E-state index contributed by atoms with van der Waals surface area (Å²) in [4.78, 5) is 0. The molecule has 1 nitrogen and oxygen atoms in total. The zero-order valence-electron chi connectivity index (χ0n) is 14.0. The molecule has 0 fully saturated rings. The number of benzene rings is 1. The first-order valence-electron chi connectivity index (χ1n) is 7.22. The molecule has 0 aliphatic heterocycles. The van der Waals surface area contributed by atoms with Crippen LogP contribution in [0, 0.1) is 5.41 Å². The second-order valence-electron chi connectivity index (χ2n) is 6.69. The van der Waals surface area contributed by atoms with E-state index >= 15 is 0 Å². The van der Waals surface area contributed by atoms with Crippen LogP contribution >= 0.6 is 0 Å². The van der Waals surface area contributed by atoms with Gasteiger partial charge in [0.25, 0.3) is 0 Å². The van der Waals surface area contributed by atoms with Crippen LogP contribution in [0.15, 0.2) is 41.5 Å². The van der Waals surface area contributed by atoms with Crippen molar-refractivity contribution in [3.05, 3.63) is 47.1 Å². The molecule has 1 aromatic rings. The van der Waals surface area contributed by atoms with Crippen molar-refractivity contribution < 1.29 is 47.7 Å². The monoisotopic (exact) mass is 374 g/mol. The number of halogens is 2. The maximum absolute atomic E-state index is 6.03. The van der Waals surface area contributed by atoms with Gasteiger partial charge in [0.1, 0.15) is 0 Å². The van der Waals surface area contributed by atoms with Crippen LogP contribution in [0.1, 0.15) is 46.6 Å². The van der Waals surface area contributed by atoms with Gasteiger partial charge >= 0.3 is 132 Å². The van der Waals surface area contributed by atoms with Crippen molar-refractivity contribution >= 4 is 9.44 Å². The molecule has 0 heterocycles. The van der Waals surface area contributed by atoms with Crippen LogP contribution in [0.4, 0.5) is 0 Å². The molecule has 0 amide bonds. The van der Waals surface area contributed by atoms with Gasteiger partial charge in [-0.15, -0.1) is 0 Å². The molecular formula is C18H24Cl2OTi. The van der Waals surface area contributed by atoms with Crippen LogP contribution < -0.4 is 28.7 Å². The Morgan fingerprint density at radius 1 is 1.09 bits per heavy atom. The van der Waals surface area contributed by atoms with E-state index in [4.69, 9.17) is 3.32 Å². The summed E-state index contributed by atoms with van der Waals surface area (Å²) in [5.41, 5.74) is 6.01. The summed E-state index contributed by atoms with van der Waals surface area (Å²) in [6, 6.07) is 8.77. The summed E-state index contributed by atoms with van der Waals surface area (Å²) in [5.74, 6) is 0. The van der Waals surface area contributed by atoms with Gasteiger partial charge in [0, 0.05) is 0 Å². The molecule has 1 aliphatic rings. The normalized spacial score (nSPS) is 14.0. The van der Waals surface area contributed by atoms with Gasteiger partial charge in [-0.1, -0.05) is 0 Å². The van der Waals surface area contributed by atoms with Gasteiger partial charge < -0.3 is 24.8 Å². The Balaban J connectivity index is 0.00000220. The standard InChI is InChI=1S/C13H13.C5H11O.2ClH.Ti/c1-10-8-9-13(11(10)2)12-6-4-3-5-7-12;1-5(2,3)4-6;;;/h3-6,8H,9H2,1-2H3;4H2,1-3H3;2*1H;/q;-1;;;+3/p-2. The predicted molar refractivity (Wildman–Crippen MR) is 82.5 cm³/mol. The molecule has 0 N–H and O–H groups in total. The van der Waals surface area contributed by atoms with E-state index in [1.54, 1.807) is 0 Å². The van der Waals surface area contributed by atoms with E-state index in [0.717, 1.165) is 13.0 Å². The van der Waals surface area contributed by atoms with Gasteiger partial charge in [0.15, 0.2) is 0 Å². The fourth-order valence-electron chi connectivity index (χ4n) is 2.28. The van der Waals surface area contributed by atoms with Crippen molar-refractivity contribution in [2.24, 2.45) is 5.41 Å². The molecule has 1 aromatic carbocycles. The first kappa shape index (κ1) is 22.0. The number of rotatable bonds is 4. The molecule has 2 rings (SSSR count). The van der Waals surface area contributed by atoms with Gasteiger partial charge in [-0.25, -0.2) is 0 Å². The quantitative estimate of drug-likeness (QED) is 0.583. The Hall–Kier alpha value is -0.0457. The Morgan fingerprint density at radius 3 is 2.27 bits per heavy atom. The molecule has 0 saturated heterocycles. The smallest absolute Gasteiger partial charge is 1.00 e. The molecule has 4 heteroatoms. The van der Waals surface area contributed by atoms with Crippen molar-refractivity contribution in [1.82, 2.24) is 0 Å². The van der Waals surface area contributed by atoms with Crippen LogP contribution in [0.5, 0.6) is 0 Å². The van der Waals surface area contributed by atoms with Gasteiger partial charge in [0.2, 0.25) is 0 Å². The van der Waals surface area contributed by atoms with Gasteiger partial charge in [-0.3, -0.25) is 0 Å². The number of hydrogen-bond donors (Lipinski definition) is 0. The molecule has 0 radical (unpaired) electrons. The topological polar surface area (TPSA) is 9.23 Å². The summed E-state index contributed by atoms with van der Waals surface area (Å²) < 4.78 is 7.46. The van der Waals surface area contributed by atoms with Gasteiger partial charge in [-0.2, -0.15) is 0 Å². The molecule has 0 spiro atoms. The summed E-state index contributed by atoms with van der Waals surface area (Å²) in [7, 11) is 0. The molecule has 0 bridgehead atoms. The minimum absolute atomic E-state index is 0. The molecule has 0 unspecified atom stereocenters. The van der Waals surface area contributed by atoms with Crippen molar-refractivity contribution in [2.75, 3.05) is 6.61 Å². The molecule has 0 aromatic heterocycles. The summed E-state index contributed by atoms with van der Waals surface area (Å²) >= 11 is -0.516. The molecule has 0 atom stereocenters. The second-order valence-corrected chi connectivity index (χ2v) is 8.30. The maximum Gasteiger partial charge on any atom is -1.00 e. The predicted octanol–water partition coefficient (Wildman–Crippen LogP) is -1.50. The van der Waals surface area contributed by atoms with Crippen LogP contribution in [0.3, 0.4) is 0 Å². The van der Waals surface area contributed by atoms with Gasteiger partial charge in [-0.05, 0) is 0 Å². The third-order valence-electron chi connectivity index (χ3n) is 3.60. The Morgan fingerprint density at radius 2 is 1.73 bits per heavy atom. The average Bonchev–Trinajstić information content (AvgIpc) is 2.69. The number of allylic oxidation sites excluding steroid dienone is 4. The molecule has 22 heavy (non-hydrogen) atoms. The molecular weight excluding hydrogens is 351 g/mol. The largest absolute Gasteiger partial charge is 1.00 e. The maximum atomic E-state index is 6.03. The van der Waals surface area contributed by atoms with E-state index in [2.05, 4.69) is 65.0 Å². The van der Waals surface area contributed by atoms with Crippen LogP contribution in [-0.4, -0.2) is 6.61 Å². The number of hydrogen-bond acceptors (Lipinski definition) is 1. The van der Waals surface area contributed by atoms with Crippen LogP contribution in [0.25, 0.3) is 5.57 Å². The molecule has 120 valence electrons. The average molecular weight is 375 g/mol. The first-order chi connectivity index (χ1) is 9.38. The van der Waals surface area contributed by atoms with E-state index in [1.165, 1.54) is 26.2 Å². The van der Waals surface area contributed by atoms with Crippen molar-refractivity contribution in [3.63, 3.8) is 0 Å². The Labute approximate surface area is 156 Å². The molecule has 1 aliphatic carbocycles. The summed E-state index contributed by atoms with van der Waals surface area (Å²) in [6.45, 7) is 12.0. The third kappa shape index (κ3) is 5.87. The van der Waals surface area contributed by atoms with E-state index in [0.29, 0.717) is 0 Å². The third-order valence-corrected chi connectivity index (χ3v) is 5.07. The van der Waals surface area contributed by atoms with E-state index < -0.39 is 19.5 Å². The summed E-state index contributed by atoms with van der Waals surface area (Å²) in [5, 5.41) is 0. The van der Waals surface area contributed by atoms with E-state index in [9.17, 15) is 0 Å². The minimum Gasteiger partial charge on any atom is -1.00 e. The summed E-state index contributed by atoms with van der Waals surface area (Å²) in [6.07, 6.45) is 3.40. The fraction of sp³-hybridized carbons (Fsp3) is 0.444. The van der Waals surface area contributed by atoms with Gasteiger partial charge in [0.05, 0.1) is 0 Å². The van der Waals surface area contributed by atoms with Crippen molar-refractivity contribution in [2.45, 2.75) is 41.0 Å². The van der Waals surface area contributed by atoms with Crippen molar-refractivity contribution in [1.29, 1.82) is 0 Å². The van der Waals surface area contributed by atoms with Crippen LogP contribution in [-0.2, 0) is 22.9 Å². The zero-order chi connectivity index (χ0) is 14.8. The van der Waals surface area contributed by atoms with Crippen molar-refractivity contribution in [3.8, 4) is 0 Å². The minimum atomic E-state index is -0.516. The Bertz CT molecular complexity index is 556. The van der Waals surface area contributed by atoms with Crippen LogP contribution in [0.2, 0.25) is 0 Å². The second kappa shape index (κ2) is 9.30. The zero-order valence-corrected chi connectivity index (χ0v) is 17.0. The fourth-order valence-corrected chi connectivity index (χ4v) is 4.10. The Kier molecular flexibility index (Phi) is 9.28. The van der Waals surface area contributed by atoms with E-state index in [1.807, 2.05) is 0 Å². The SMILES string of the molecule is CC1=CCC(c2cccc[c]2[Ti+2][O]CC(C)(C)C)=C1C.[Cl-].[Cl-]. The first-order valence-corrected chi connectivity index (χ1v) is 8.64.